The Morgan fingerprint density at radius 2 is 2.04 bits per heavy atom. The maximum absolute atomic E-state index is 13.3. The van der Waals surface area contributed by atoms with E-state index < -0.39 is 16.6 Å². The van der Waals surface area contributed by atoms with Crippen molar-refractivity contribution < 1.29 is 23.9 Å². The van der Waals surface area contributed by atoms with Crippen LogP contribution in [0.5, 0.6) is 5.75 Å². The van der Waals surface area contributed by atoms with Crippen molar-refractivity contribution in [1.29, 1.82) is 0 Å². The van der Waals surface area contributed by atoms with Gasteiger partial charge in [0.15, 0.2) is 11.4 Å². The number of carbonyl (C=O) groups is 1. The highest BCUT2D eigenvalue weighted by molar-refractivity contribution is 5.73. The molecule has 2 fully saturated rings. The third-order valence-corrected chi connectivity index (χ3v) is 4.21. The van der Waals surface area contributed by atoms with E-state index in [0.717, 1.165) is 18.2 Å². The van der Waals surface area contributed by atoms with E-state index in [1.54, 1.807) is 25.7 Å². The minimum atomic E-state index is -1.42. The lowest BCUT2D eigenvalue weighted by atomic mass is 9.81. The van der Waals surface area contributed by atoms with Crippen molar-refractivity contribution in [3.63, 3.8) is 0 Å². The standard InChI is InChI=1S/C16H20FN2O5/c1-15(2,3)24-14(20)18-9-16(18)7-11(8-16)23-13-6-10(17)4-5-12(13)19(21)22/h4-6,11,19H,7-9H2,1-3H3/q-1. The van der Waals surface area contributed by atoms with Gasteiger partial charge in [-0.05, 0) is 26.8 Å². The number of amides is 1. The summed E-state index contributed by atoms with van der Waals surface area (Å²) < 4.78 is 24.2. The van der Waals surface area contributed by atoms with E-state index in [2.05, 4.69) is 0 Å². The van der Waals surface area contributed by atoms with Crippen LogP contribution in [0.2, 0.25) is 0 Å². The molecule has 0 unspecified atom stereocenters. The molecule has 1 saturated carbocycles. The molecule has 24 heavy (non-hydrogen) atoms. The molecule has 8 heteroatoms. The summed E-state index contributed by atoms with van der Waals surface area (Å²) in [5.74, 6) is -0.620. The predicted octanol–water partition coefficient (Wildman–Crippen LogP) is 1.87. The van der Waals surface area contributed by atoms with Crippen LogP contribution < -0.4 is 9.96 Å². The molecule has 1 aliphatic heterocycles. The highest BCUT2D eigenvalue weighted by Gasteiger charge is 2.64. The van der Waals surface area contributed by atoms with Gasteiger partial charge in [0.1, 0.15) is 17.5 Å². The zero-order chi connectivity index (χ0) is 17.7. The van der Waals surface area contributed by atoms with Crippen molar-refractivity contribution in [2.24, 2.45) is 0 Å². The highest BCUT2D eigenvalue weighted by Crippen LogP contribution is 2.51. The van der Waals surface area contributed by atoms with E-state index in [1.807, 2.05) is 0 Å². The molecule has 2 aliphatic rings. The lowest BCUT2D eigenvalue weighted by molar-refractivity contribution is -0.715. The number of ether oxygens (including phenoxy) is 2. The van der Waals surface area contributed by atoms with Crippen molar-refractivity contribution >= 4 is 11.8 Å². The highest BCUT2D eigenvalue weighted by atomic mass is 19.1. The molecule has 0 atom stereocenters. The first-order valence-corrected chi connectivity index (χ1v) is 7.78. The normalized spacial score (nSPS) is 25.6. The molecule has 3 rings (SSSR count). The van der Waals surface area contributed by atoms with E-state index in [0.29, 0.717) is 19.4 Å². The number of nitrogens with zero attached hydrogens (tertiary/aromatic N) is 1. The Hall–Kier alpha value is -1.90. The van der Waals surface area contributed by atoms with Crippen LogP contribution in [0.25, 0.3) is 0 Å². The second kappa shape index (κ2) is 5.58. The van der Waals surface area contributed by atoms with Gasteiger partial charge in [0.25, 0.3) is 0 Å². The number of nitrogens with one attached hydrogen (secondary N) is 1. The van der Waals surface area contributed by atoms with E-state index in [-0.39, 0.29) is 29.2 Å². The second-order valence-corrected chi connectivity index (χ2v) is 7.37. The van der Waals surface area contributed by atoms with Crippen molar-refractivity contribution in [3.05, 3.63) is 34.4 Å². The van der Waals surface area contributed by atoms with E-state index in [1.165, 1.54) is 0 Å². The summed E-state index contributed by atoms with van der Waals surface area (Å²) >= 11 is 0. The van der Waals surface area contributed by atoms with Crippen LogP contribution in [-0.2, 0) is 4.74 Å². The molecular weight excluding hydrogens is 319 g/mol. The number of benzene rings is 1. The number of hydrogen-bond acceptors (Lipinski definition) is 5. The second-order valence-electron chi connectivity index (χ2n) is 7.37. The molecular formula is C16H20FN2O5-. The van der Waals surface area contributed by atoms with Gasteiger partial charge in [-0.1, -0.05) is 0 Å². The lowest BCUT2D eigenvalue weighted by Gasteiger charge is -2.37. The van der Waals surface area contributed by atoms with Crippen LogP contribution in [0.1, 0.15) is 33.6 Å². The van der Waals surface area contributed by atoms with Gasteiger partial charge in [-0.25, -0.2) is 9.18 Å². The van der Waals surface area contributed by atoms with Gasteiger partial charge in [0.05, 0.1) is 5.54 Å². The largest absolute Gasteiger partial charge is 0.628 e. The molecule has 1 amide bonds. The van der Waals surface area contributed by atoms with Gasteiger partial charge in [-0.3, -0.25) is 4.90 Å². The fraction of sp³-hybridized carbons (Fsp3) is 0.562. The summed E-state index contributed by atoms with van der Waals surface area (Å²) in [5.41, 5.74) is -0.995. The molecule has 1 aromatic rings. The lowest BCUT2D eigenvalue weighted by Crippen LogP contribution is -2.96. The minimum Gasteiger partial charge on any atom is -0.628 e. The quantitative estimate of drug-likeness (QED) is 0.671. The number of hydrogen-bond donors (Lipinski definition) is 1. The summed E-state index contributed by atoms with van der Waals surface area (Å²) in [4.78, 5) is 13.7. The van der Waals surface area contributed by atoms with Gasteiger partial charge in [-0.2, -0.15) is 0 Å². The van der Waals surface area contributed by atoms with Crippen molar-refractivity contribution in [3.8, 4) is 5.75 Å². The van der Waals surface area contributed by atoms with Gasteiger partial charge in [0.2, 0.25) is 0 Å². The van der Waals surface area contributed by atoms with E-state index >= 15 is 0 Å². The first-order valence-electron chi connectivity index (χ1n) is 7.78. The SMILES string of the molecule is CC(C)(C)OC(=O)N1CC12CC(Oc1cc(F)ccc1[NH+]([O-])[O-])C2. The molecule has 1 saturated heterocycles. The van der Waals surface area contributed by atoms with Crippen LogP contribution in [0.4, 0.5) is 14.9 Å². The Kier molecular flexibility index (Phi) is 3.94. The third-order valence-electron chi connectivity index (χ3n) is 4.21. The average Bonchev–Trinajstić information content (AvgIpc) is 3.11. The fourth-order valence-electron chi connectivity index (χ4n) is 3.00. The van der Waals surface area contributed by atoms with Gasteiger partial charge in [-0.15, -0.1) is 0 Å². The molecule has 132 valence electrons. The summed E-state index contributed by atoms with van der Waals surface area (Å²) in [5, 5.41) is 20.7. The average molecular weight is 339 g/mol. The zero-order valence-electron chi connectivity index (χ0n) is 13.8. The van der Waals surface area contributed by atoms with E-state index in [4.69, 9.17) is 9.47 Å². The Morgan fingerprint density at radius 3 is 2.62 bits per heavy atom. The van der Waals surface area contributed by atoms with Crippen molar-refractivity contribution in [2.75, 3.05) is 6.54 Å². The Labute approximate surface area is 139 Å². The van der Waals surface area contributed by atoms with E-state index in [9.17, 15) is 19.6 Å². The smallest absolute Gasteiger partial charge is 0.410 e. The maximum atomic E-state index is 13.3. The Balaban J connectivity index is 1.57. The summed E-state index contributed by atoms with van der Waals surface area (Å²) in [6.07, 6.45) is 0.504. The fourth-order valence-corrected chi connectivity index (χ4v) is 3.00. The van der Waals surface area contributed by atoms with Crippen LogP contribution in [0, 0.1) is 16.2 Å². The maximum Gasteiger partial charge on any atom is 0.410 e. The molecule has 0 aromatic heterocycles. The van der Waals surface area contributed by atoms with Crippen LogP contribution in [-0.4, -0.2) is 34.8 Å². The van der Waals surface area contributed by atoms with Crippen LogP contribution >= 0.6 is 0 Å². The summed E-state index contributed by atoms with van der Waals surface area (Å²) in [6.45, 7) is 6.01. The number of quaternary nitrogens is 1. The molecule has 1 heterocycles. The molecule has 1 N–H and O–H groups in total. The number of carbonyl (C=O) groups excluding carboxylic acids is 1. The van der Waals surface area contributed by atoms with Gasteiger partial charge >= 0.3 is 6.09 Å². The number of rotatable bonds is 3. The monoisotopic (exact) mass is 339 g/mol. The molecule has 1 aliphatic carbocycles. The molecule has 1 aromatic carbocycles. The first-order chi connectivity index (χ1) is 11.1. The predicted molar refractivity (Wildman–Crippen MR) is 83.1 cm³/mol. The van der Waals surface area contributed by atoms with Crippen molar-refractivity contribution in [2.45, 2.75) is 50.9 Å². The first kappa shape index (κ1) is 16.9. The molecule has 1 spiro atoms. The summed E-state index contributed by atoms with van der Waals surface area (Å²) in [7, 11) is 0. The van der Waals surface area contributed by atoms with Gasteiger partial charge in [0, 0.05) is 31.5 Å². The van der Waals surface area contributed by atoms with Gasteiger partial charge < -0.3 is 25.1 Å². The summed E-state index contributed by atoms with van der Waals surface area (Å²) in [6, 6.07) is 3.21. The zero-order valence-corrected chi connectivity index (χ0v) is 13.8. The van der Waals surface area contributed by atoms with Crippen LogP contribution in [0.15, 0.2) is 18.2 Å². The Bertz CT molecular complexity index is 652. The Morgan fingerprint density at radius 1 is 1.38 bits per heavy atom. The van der Waals surface area contributed by atoms with Crippen LogP contribution in [0.3, 0.4) is 0 Å². The molecule has 0 radical (unpaired) electrons. The molecule has 7 nitrogen and oxygen atoms in total. The number of halogens is 1. The topological polar surface area (TPSA) is 89.1 Å². The van der Waals surface area contributed by atoms with Crippen molar-refractivity contribution in [1.82, 2.24) is 4.90 Å². The third kappa shape index (κ3) is 3.31. The molecule has 0 bridgehead atoms. The minimum absolute atomic E-state index is 0.0423.